The zero-order valence-corrected chi connectivity index (χ0v) is 19.9. The molecule has 4 rings (SSSR count). The van der Waals surface area contributed by atoms with Gasteiger partial charge in [0.1, 0.15) is 11.5 Å². The number of benzene rings is 4. The van der Waals surface area contributed by atoms with E-state index in [9.17, 15) is 0 Å². The minimum Gasteiger partial charge on any atom is -0.467 e. The maximum Gasteiger partial charge on any atom is 0.188 e. The van der Waals surface area contributed by atoms with E-state index in [-0.39, 0.29) is 13.6 Å². The molecule has 0 saturated carbocycles. The van der Waals surface area contributed by atoms with Crippen LogP contribution in [0.15, 0.2) is 72.8 Å². The molecular weight excluding hydrogens is 419 g/mol. The van der Waals surface area contributed by atoms with Crippen molar-refractivity contribution in [2.75, 3.05) is 27.8 Å². The van der Waals surface area contributed by atoms with Crippen molar-refractivity contribution in [1.29, 1.82) is 0 Å². The average Bonchev–Trinajstić information content (AvgIpc) is 2.82. The molecule has 4 nitrogen and oxygen atoms in total. The molecule has 0 spiro atoms. The molecule has 5 heteroatoms. The molecule has 4 aromatic rings. The van der Waals surface area contributed by atoms with Crippen LogP contribution in [0.2, 0.25) is 0 Å². The molecule has 166 valence electrons. The summed E-state index contributed by atoms with van der Waals surface area (Å²) in [5.41, 5.74) is 0.344. The van der Waals surface area contributed by atoms with Crippen molar-refractivity contribution >= 4 is 40.1 Å². The Kier molecular flexibility index (Phi) is 7.26. The Labute approximate surface area is 190 Å². The van der Waals surface area contributed by atoms with Crippen LogP contribution >= 0.6 is 7.92 Å². The topological polar surface area (TPSA) is 36.9 Å². The molecule has 0 aliphatic carbocycles. The van der Waals surface area contributed by atoms with Gasteiger partial charge in [0.25, 0.3) is 0 Å². The predicted octanol–water partition coefficient (Wildman–Crippen LogP) is 5.80. The van der Waals surface area contributed by atoms with Gasteiger partial charge in [0, 0.05) is 24.8 Å². The number of hydrogen-bond donors (Lipinski definition) is 0. The van der Waals surface area contributed by atoms with E-state index >= 15 is 0 Å². The molecular formula is C27H29O4P. The first kappa shape index (κ1) is 22.5. The van der Waals surface area contributed by atoms with Crippen molar-refractivity contribution in [3.63, 3.8) is 0 Å². The van der Waals surface area contributed by atoms with Gasteiger partial charge in [-0.3, -0.25) is 0 Å². The van der Waals surface area contributed by atoms with E-state index in [1.165, 1.54) is 32.2 Å². The molecule has 4 aromatic carbocycles. The van der Waals surface area contributed by atoms with Crippen molar-refractivity contribution in [3.05, 3.63) is 72.8 Å². The zero-order valence-electron chi connectivity index (χ0n) is 19.0. The van der Waals surface area contributed by atoms with Gasteiger partial charge in [0.05, 0.1) is 0 Å². The van der Waals surface area contributed by atoms with Crippen molar-refractivity contribution in [2.24, 2.45) is 0 Å². The van der Waals surface area contributed by atoms with E-state index in [1.54, 1.807) is 14.2 Å². The Bertz CT molecular complexity index is 1110. The summed E-state index contributed by atoms with van der Waals surface area (Å²) in [5, 5.41) is 7.21. The molecule has 32 heavy (non-hydrogen) atoms. The molecule has 0 fully saturated rings. The summed E-state index contributed by atoms with van der Waals surface area (Å²) in [6.45, 7) is 4.95. The minimum absolute atomic E-state index is 0.204. The molecule has 0 bridgehead atoms. The highest BCUT2D eigenvalue weighted by Crippen LogP contribution is 2.48. The summed E-state index contributed by atoms with van der Waals surface area (Å²) in [7, 11) is 2.45. The van der Waals surface area contributed by atoms with Crippen LogP contribution in [0.4, 0.5) is 0 Å². The van der Waals surface area contributed by atoms with Gasteiger partial charge in [-0.1, -0.05) is 74.5 Å². The summed E-state index contributed by atoms with van der Waals surface area (Å²) in [6, 6.07) is 25.4. The lowest BCUT2D eigenvalue weighted by Crippen LogP contribution is -2.24. The van der Waals surface area contributed by atoms with E-state index in [2.05, 4.69) is 86.6 Å². The van der Waals surface area contributed by atoms with Gasteiger partial charge in [-0.25, -0.2) is 0 Å². The number of ether oxygens (including phenoxy) is 4. The summed E-state index contributed by atoms with van der Waals surface area (Å²) in [6.07, 6.45) is 0. The Morgan fingerprint density at radius 3 is 1.47 bits per heavy atom. The van der Waals surface area contributed by atoms with Crippen LogP contribution in [-0.4, -0.2) is 33.5 Å². The number of rotatable bonds is 9. The van der Waals surface area contributed by atoms with E-state index in [1.807, 2.05) is 0 Å². The molecule has 0 radical (unpaired) electrons. The van der Waals surface area contributed by atoms with Crippen LogP contribution in [0.1, 0.15) is 13.8 Å². The molecule has 0 aromatic heterocycles. The first-order chi connectivity index (χ1) is 15.7. The molecule has 0 aliphatic heterocycles. The zero-order chi connectivity index (χ0) is 22.5. The highest BCUT2D eigenvalue weighted by atomic mass is 31.1. The third kappa shape index (κ3) is 4.45. The highest BCUT2D eigenvalue weighted by Gasteiger charge is 2.28. The number of fused-ring (bicyclic) bond motifs is 2. The van der Waals surface area contributed by atoms with Gasteiger partial charge >= 0.3 is 0 Å². The van der Waals surface area contributed by atoms with Gasteiger partial charge in [-0.05, 0) is 47.3 Å². The van der Waals surface area contributed by atoms with Crippen LogP contribution < -0.4 is 20.1 Å². The third-order valence-electron chi connectivity index (χ3n) is 5.39. The van der Waals surface area contributed by atoms with Crippen LogP contribution in [0.3, 0.4) is 0 Å². The summed E-state index contributed by atoms with van der Waals surface area (Å²) < 4.78 is 22.7. The fraction of sp³-hybridized carbons (Fsp3) is 0.259. The maximum atomic E-state index is 6.11. The summed E-state index contributed by atoms with van der Waals surface area (Å²) in [4.78, 5) is 0. The van der Waals surface area contributed by atoms with Gasteiger partial charge in [-0.15, -0.1) is 0 Å². The van der Waals surface area contributed by atoms with Gasteiger partial charge in [-0.2, -0.15) is 0 Å². The largest absolute Gasteiger partial charge is 0.467 e. The van der Waals surface area contributed by atoms with Crippen molar-refractivity contribution in [2.45, 2.75) is 19.5 Å². The molecule has 0 saturated heterocycles. The molecule has 0 aliphatic rings. The molecule has 0 atom stereocenters. The fourth-order valence-corrected chi connectivity index (χ4v) is 7.01. The second kappa shape index (κ2) is 10.3. The van der Waals surface area contributed by atoms with Gasteiger partial charge < -0.3 is 18.9 Å². The minimum atomic E-state index is -0.845. The monoisotopic (exact) mass is 448 g/mol. The second-order valence-electron chi connectivity index (χ2n) is 7.83. The second-order valence-corrected chi connectivity index (χ2v) is 10.5. The Balaban J connectivity index is 2.04. The number of hydrogen-bond acceptors (Lipinski definition) is 4. The normalized spacial score (nSPS) is 11.6. The van der Waals surface area contributed by atoms with Crippen LogP contribution in [-0.2, 0) is 9.47 Å². The quantitative estimate of drug-likeness (QED) is 0.240. The molecule has 0 N–H and O–H groups in total. The van der Waals surface area contributed by atoms with Crippen molar-refractivity contribution < 1.29 is 18.9 Å². The predicted molar refractivity (Wildman–Crippen MR) is 134 cm³/mol. The van der Waals surface area contributed by atoms with E-state index in [0.717, 1.165) is 11.5 Å². The van der Waals surface area contributed by atoms with E-state index in [4.69, 9.17) is 18.9 Å². The maximum absolute atomic E-state index is 6.11. The highest BCUT2D eigenvalue weighted by molar-refractivity contribution is 7.75. The molecule has 0 heterocycles. The van der Waals surface area contributed by atoms with E-state index in [0.29, 0.717) is 5.66 Å². The first-order valence-electron chi connectivity index (χ1n) is 10.7. The Morgan fingerprint density at radius 2 is 1.06 bits per heavy atom. The smallest absolute Gasteiger partial charge is 0.188 e. The third-order valence-corrected chi connectivity index (χ3v) is 8.31. The van der Waals surface area contributed by atoms with Gasteiger partial charge in [0.2, 0.25) is 0 Å². The first-order valence-corrected chi connectivity index (χ1v) is 12.1. The lowest BCUT2D eigenvalue weighted by Gasteiger charge is -2.29. The van der Waals surface area contributed by atoms with Crippen molar-refractivity contribution in [1.82, 2.24) is 0 Å². The average molecular weight is 448 g/mol. The van der Waals surface area contributed by atoms with Crippen LogP contribution in [0.5, 0.6) is 11.5 Å². The van der Waals surface area contributed by atoms with Gasteiger partial charge in [0.15, 0.2) is 13.6 Å². The SMILES string of the molecule is COCOc1ccc2ccccc2c1P(c1c(OCOC)ccc2ccccc12)C(C)C. The molecule has 0 unspecified atom stereocenters. The van der Waals surface area contributed by atoms with E-state index < -0.39 is 7.92 Å². The Hall–Kier alpha value is -2.65. The fourth-order valence-electron chi connectivity index (χ4n) is 4.07. The standard InChI is InChI=1S/C27H29O4P/c1-19(2)32(26-22-11-7-5-9-20(22)13-15-24(26)30-17-28-3)27-23-12-8-6-10-21(23)14-16-25(27)31-18-29-4/h5-16,19H,17-18H2,1-4H3. The van der Waals surface area contributed by atoms with Crippen molar-refractivity contribution in [3.8, 4) is 11.5 Å². The summed E-state index contributed by atoms with van der Waals surface area (Å²) >= 11 is 0. The number of methoxy groups -OCH3 is 2. The lowest BCUT2D eigenvalue weighted by atomic mass is 10.1. The van der Waals surface area contributed by atoms with Crippen LogP contribution in [0, 0.1) is 0 Å². The molecule has 0 amide bonds. The Morgan fingerprint density at radius 1 is 0.625 bits per heavy atom. The van der Waals surface area contributed by atoms with Crippen LogP contribution in [0.25, 0.3) is 21.5 Å². The lowest BCUT2D eigenvalue weighted by molar-refractivity contribution is 0.0519. The summed E-state index contributed by atoms with van der Waals surface area (Å²) in [5.74, 6) is 1.71.